The molecule has 3 saturated heterocycles. The lowest BCUT2D eigenvalue weighted by Crippen LogP contribution is -2.40. The van der Waals surface area contributed by atoms with E-state index in [0.717, 1.165) is 0 Å². The molecule has 3 rings (SSSR count). The Morgan fingerprint density at radius 1 is 0.900 bits per heavy atom. The van der Waals surface area contributed by atoms with Crippen molar-refractivity contribution in [2.45, 2.75) is 23.0 Å². The van der Waals surface area contributed by atoms with Gasteiger partial charge in [-0.1, -0.05) is 13.8 Å². The minimum absolute atomic E-state index is 0.0139. The van der Waals surface area contributed by atoms with Crippen molar-refractivity contribution in [3.05, 3.63) is 0 Å². The van der Waals surface area contributed by atoms with Crippen LogP contribution in [0.5, 0.6) is 0 Å². The lowest BCUT2D eigenvalue weighted by Gasteiger charge is -2.22. The molecule has 2 nitrogen and oxygen atoms in total. The number of hydrogen-bond acceptors (Lipinski definition) is 2. The Morgan fingerprint density at radius 2 is 1.20 bits per heavy atom. The number of fused-ring (bicyclic) bond motifs is 1. The molecule has 3 aliphatic rings. The molecule has 3 aliphatic heterocycles. The zero-order chi connectivity index (χ0) is 7.46. The van der Waals surface area contributed by atoms with Crippen molar-refractivity contribution in [1.82, 2.24) is 0 Å². The van der Waals surface area contributed by atoms with E-state index in [0.29, 0.717) is 11.8 Å². The van der Waals surface area contributed by atoms with Crippen LogP contribution in [-0.2, 0) is 21.6 Å². The van der Waals surface area contributed by atoms with E-state index >= 15 is 0 Å². The van der Waals surface area contributed by atoms with Crippen molar-refractivity contribution >= 4 is 21.6 Å². The second-order valence-electron chi connectivity index (χ2n) is 3.11. The molecule has 0 spiro atoms. The Kier molecular flexibility index (Phi) is 1.33. The fourth-order valence-corrected chi connectivity index (χ4v) is 7.06. The summed E-state index contributed by atoms with van der Waals surface area (Å²) in [5, 5.41) is 0. The molecule has 4 atom stereocenters. The fraction of sp³-hybridized carbons (Fsp3) is 1.00. The van der Waals surface area contributed by atoms with Crippen molar-refractivity contribution in [2.75, 3.05) is 0 Å². The molecule has 2 unspecified atom stereocenters. The Bertz CT molecular complexity index is 190. The van der Waals surface area contributed by atoms with E-state index in [-0.39, 0.29) is 9.16 Å². The minimum atomic E-state index is -0.761. The van der Waals surface area contributed by atoms with Crippen LogP contribution in [0.4, 0.5) is 0 Å². The smallest absolute Gasteiger partial charge is 0.115 e. The van der Waals surface area contributed by atoms with Gasteiger partial charge in [0, 0.05) is 0 Å². The second kappa shape index (κ2) is 1.91. The van der Waals surface area contributed by atoms with E-state index in [1.165, 1.54) is 0 Å². The molecule has 2 bridgehead atoms. The molecule has 3 heterocycles. The molecule has 3 fully saturated rings. The van der Waals surface area contributed by atoms with Crippen LogP contribution < -0.4 is 0 Å². The zero-order valence-electron chi connectivity index (χ0n) is 5.94. The predicted molar refractivity (Wildman–Crippen MR) is 42.2 cm³/mol. The lowest BCUT2D eigenvalue weighted by atomic mass is 10.0. The molecular weight excluding hydrogens is 168 g/mol. The van der Waals surface area contributed by atoms with Crippen molar-refractivity contribution in [2.24, 2.45) is 11.8 Å². The van der Waals surface area contributed by atoms with Gasteiger partial charge in [-0.2, -0.15) is 0 Å². The standard InChI is InChI=1S/C6H10O2S2/c1-3-4(2)6-9(7)5(3)10(6)8/h3-6H,1-2H3/t3-,4+,5?,6?,9?,10?. The van der Waals surface area contributed by atoms with E-state index in [4.69, 9.17) is 0 Å². The lowest BCUT2D eigenvalue weighted by molar-refractivity contribution is 0.491. The van der Waals surface area contributed by atoms with Gasteiger partial charge >= 0.3 is 0 Å². The van der Waals surface area contributed by atoms with Gasteiger partial charge in [0.1, 0.15) is 9.16 Å². The van der Waals surface area contributed by atoms with Crippen molar-refractivity contribution in [3.63, 3.8) is 0 Å². The maximum Gasteiger partial charge on any atom is 0.115 e. The van der Waals surface area contributed by atoms with E-state index in [1.807, 2.05) is 0 Å². The first kappa shape index (κ1) is 6.98. The third-order valence-electron chi connectivity index (χ3n) is 2.60. The number of hydrogen-bond donors (Lipinski definition) is 0. The van der Waals surface area contributed by atoms with Crippen LogP contribution >= 0.6 is 0 Å². The van der Waals surface area contributed by atoms with E-state index in [1.54, 1.807) is 0 Å². The van der Waals surface area contributed by atoms with Crippen LogP contribution in [-0.4, -0.2) is 17.6 Å². The monoisotopic (exact) mass is 178 g/mol. The Morgan fingerprint density at radius 3 is 1.30 bits per heavy atom. The summed E-state index contributed by atoms with van der Waals surface area (Å²) < 4.78 is 22.4. The third-order valence-corrected chi connectivity index (χ3v) is 8.43. The van der Waals surface area contributed by atoms with Crippen molar-refractivity contribution in [1.29, 1.82) is 0 Å². The first-order valence-electron chi connectivity index (χ1n) is 3.43. The van der Waals surface area contributed by atoms with Crippen LogP contribution in [0.3, 0.4) is 0 Å². The highest BCUT2D eigenvalue weighted by Gasteiger charge is 2.61. The van der Waals surface area contributed by atoms with Crippen LogP contribution in [0.1, 0.15) is 13.8 Å². The highest BCUT2D eigenvalue weighted by Crippen LogP contribution is 2.49. The van der Waals surface area contributed by atoms with Crippen molar-refractivity contribution < 1.29 is 8.42 Å². The Hall–Kier alpha value is 0.300. The maximum absolute atomic E-state index is 11.2. The van der Waals surface area contributed by atoms with Gasteiger partial charge in [-0.15, -0.1) is 0 Å². The van der Waals surface area contributed by atoms with E-state index in [9.17, 15) is 8.42 Å². The topological polar surface area (TPSA) is 34.1 Å². The average Bonchev–Trinajstić information content (AvgIpc) is 2.19. The normalized spacial score (nSPS) is 65.8. The van der Waals surface area contributed by atoms with Gasteiger partial charge in [-0.05, 0) is 11.8 Å². The quantitative estimate of drug-likeness (QED) is 0.539. The molecule has 0 amide bonds. The molecule has 0 aromatic rings. The molecule has 0 saturated carbocycles. The van der Waals surface area contributed by atoms with Gasteiger partial charge in [-0.25, -0.2) is 0 Å². The SMILES string of the molecule is C[C@@H]1C2S(=O)C([C@@H]1C)S2=O. The van der Waals surface area contributed by atoms with Gasteiger partial charge in [-0.3, -0.25) is 8.42 Å². The summed E-state index contributed by atoms with van der Waals surface area (Å²) in [4.78, 5) is 0. The zero-order valence-corrected chi connectivity index (χ0v) is 7.58. The molecule has 0 aromatic carbocycles. The predicted octanol–water partition coefficient (Wildman–Crippen LogP) is 0.435. The summed E-state index contributed by atoms with van der Waals surface area (Å²) in [6.07, 6.45) is 0. The van der Waals surface area contributed by atoms with Gasteiger partial charge in [0.2, 0.25) is 0 Å². The first-order valence-corrected chi connectivity index (χ1v) is 5.98. The van der Waals surface area contributed by atoms with Crippen LogP contribution in [0.25, 0.3) is 0 Å². The largest absolute Gasteiger partial charge is 0.257 e. The summed E-state index contributed by atoms with van der Waals surface area (Å²) in [7, 11) is -1.52. The summed E-state index contributed by atoms with van der Waals surface area (Å²) >= 11 is 0. The van der Waals surface area contributed by atoms with Gasteiger partial charge in [0.05, 0.1) is 21.6 Å². The minimum Gasteiger partial charge on any atom is -0.257 e. The summed E-state index contributed by atoms with van der Waals surface area (Å²) in [5.41, 5.74) is 0. The summed E-state index contributed by atoms with van der Waals surface area (Å²) in [5.74, 6) is 0.818. The molecule has 0 radical (unpaired) electrons. The van der Waals surface area contributed by atoms with Crippen LogP contribution in [0.2, 0.25) is 0 Å². The van der Waals surface area contributed by atoms with Gasteiger partial charge in [0.25, 0.3) is 0 Å². The maximum atomic E-state index is 11.2. The average molecular weight is 178 g/mol. The van der Waals surface area contributed by atoms with E-state index in [2.05, 4.69) is 13.8 Å². The van der Waals surface area contributed by atoms with E-state index < -0.39 is 21.6 Å². The van der Waals surface area contributed by atoms with Crippen LogP contribution in [0.15, 0.2) is 0 Å². The molecule has 10 heavy (non-hydrogen) atoms. The third kappa shape index (κ3) is 0.552. The second-order valence-corrected chi connectivity index (χ2v) is 7.05. The molecule has 0 N–H and O–H groups in total. The highest BCUT2D eigenvalue weighted by atomic mass is 32.3. The highest BCUT2D eigenvalue weighted by molar-refractivity contribution is 8.20. The molecule has 4 heteroatoms. The number of rotatable bonds is 0. The Balaban J connectivity index is 2.38. The summed E-state index contributed by atoms with van der Waals surface area (Å²) in [6.45, 7) is 4.11. The molecule has 58 valence electrons. The molecule has 0 aromatic heterocycles. The molecule has 0 aliphatic carbocycles. The van der Waals surface area contributed by atoms with Gasteiger partial charge in [0.15, 0.2) is 0 Å². The van der Waals surface area contributed by atoms with Crippen molar-refractivity contribution in [3.8, 4) is 0 Å². The Labute approximate surface area is 65.3 Å². The fourth-order valence-electron chi connectivity index (χ4n) is 1.74. The summed E-state index contributed by atoms with van der Waals surface area (Å²) in [6, 6.07) is 0. The van der Waals surface area contributed by atoms with Crippen LogP contribution in [0, 0.1) is 11.8 Å². The van der Waals surface area contributed by atoms with Gasteiger partial charge < -0.3 is 0 Å². The first-order chi connectivity index (χ1) is 4.64. The molecular formula is C6H10O2S2.